The van der Waals surface area contributed by atoms with Crippen LogP contribution in [0.2, 0.25) is 0 Å². The maximum Gasteiger partial charge on any atom is 0.231 e. The highest BCUT2D eigenvalue weighted by Gasteiger charge is 2.32. The second-order valence-corrected chi connectivity index (χ2v) is 8.35. The van der Waals surface area contributed by atoms with Gasteiger partial charge in [-0.2, -0.15) is 4.98 Å². The first-order valence-corrected chi connectivity index (χ1v) is 8.68. The quantitative estimate of drug-likeness (QED) is 0.867. The van der Waals surface area contributed by atoms with Crippen LogP contribution in [0.1, 0.15) is 71.0 Å². The third-order valence-electron chi connectivity index (χ3n) is 3.61. The molecule has 0 bridgehead atoms. The van der Waals surface area contributed by atoms with E-state index < -0.39 is 0 Å². The summed E-state index contributed by atoms with van der Waals surface area (Å²) in [4.78, 5) is 4.62. The molecule has 114 valence electrons. The third-order valence-corrected chi connectivity index (χ3v) is 4.88. The zero-order valence-corrected chi connectivity index (χ0v) is 13.9. The molecule has 2 unspecified atom stereocenters. The van der Waals surface area contributed by atoms with Crippen molar-refractivity contribution in [2.24, 2.45) is 0 Å². The van der Waals surface area contributed by atoms with Crippen molar-refractivity contribution in [2.45, 2.75) is 75.8 Å². The molecule has 2 rings (SSSR count). The topological polar surface area (TPSA) is 51.0 Å². The molecule has 1 fully saturated rings. The van der Waals surface area contributed by atoms with Gasteiger partial charge in [-0.1, -0.05) is 39.3 Å². The lowest BCUT2D eigenvalue weighted by Crippen LogP contribution is -2.31. The van der Waals surface area contributed by atoms with E-state index in [2.05, 4.69) is 43.2 Å². The molecule has 1 heterocycles. The molecule has 1 N–H and O–H groups in total. The first-order chi connectivity index (χ1) is 9.49. The Morgan fingerprint density at radius 3 is 2.85 bits per heavy atom. The summed E-state index contributed by atoms with van der Waals surface area (Å²) in [6, 6.07) is 0.513. The summed E-state index contributed by atoms with van der Waals surface area (Å²) in [6.45, 7) is 9.90. The van der Waals surface area contributed by atoms with E-state index in [0.29, 0.717) is 12.0 Å². The average Bonchev–Trinajstić information content (AvgIpc) is 3.01. The van der Waals surface area contributed by atoms with Crippen LogP contribution in [0.4, 0.5) is 0 Å². The Kier molecular flexibility index (Phi) is 5.49. The van der Waals surface area contributed by atoms with Crippen LogP contribution >= 0.6 is 11.8 Å². The molecule has 5 heteroatoms. The fourth-order valence-electron chi connectivity index (χ4n) is 2.59. The van der Waals surface area contributed by atoms with E-state index in [9.17, 15) is 0 Å². The van der Waals surface area contributed by atoms with Gasteiger partial charge in [0.2, 0.25) is 5.89 Å². The van der Waals surface area contributed by atoms with Gasteiger partial charge in [-0.3, -0.25) is 0 Å². The summed E-state index contributed by atoms with van der Waals surface area (Å²) in [5.41, 5.74) is 0. The maximum atomic E-state index is 5.51. The predicted octanol–water partition coefficient (Wildman–Crippen LogP) is 3.74. The lowest BCUT2D eigenvalue weighted by atomic mass is 10.0. The van der Waals surface area contributed by atoms with E-state index in [1.807, 2.05) is 11.8 Å². The van der Waals surface area contributed by atoms with E-state index >= 15 is 0 Å². The monoisotopic (exact) mass is 297 g/mol. The number of thioether (sulfide) groups is 1. The molecule has 0 amide bonds. The molecule has 0 radical (unpaired) electrons. The number of aromatic nitrogens is 2. The number of hydrogen-bond donors (Lipinski definition) is 1. The second kappa shape index (κ2) is 6.94. The van der Waals surface area contributed by atoms with Crippen molar-refractivity contribution in [1.29, 1.82) is 0 Å². The highest BCUT2D eigenvalue weighted by Crippen LogP contribution is 2.34. The average molecular weight is 297 g/mol. The fourth-order valence-corrected chi connectivity index (χ4v) is 3.27. The first kappa shape index (κ1) is 15.8. The highest BCUT2D eigenvalue weighted by molar-refractivity contribution is 7.99. The van der Waals surface area contributed by atoms with Gasteiger partial charge in [-0.15, -0.1) is 11.8 Å². The van der Waals surface area contributed by atoms with Crippen LogP contribution in [-0.4, -0.2) is 27.5 Å². The molecule has 20 heavy (non-hydrogen) atoms. The minimum atomic E-state index is 0.235. The molecule has 0 spiro atoms. The molecule has 0 aliphatic heterocycles. The van der Waals surface area contributed by atoms with Gasteiger partial charge in [0.15, 0.2) is 5.82 Å². The van der Waals surface area contributed by atoms with Crippen LogP contribution in [0.5, 0.6) is 0 Å². The molecular formula is C15H27N3OS. The fraction of sp³-hybridized carbons (Fsp3) is 0.867. The second-order valence-electron chi connectivity index (χ2n) is 6.55. The largest absolute Gasteiger partial charge is 0.339 e. The molecule has 1 aliphatic carbocycles. The van der Waals surface area contributed by atoms with Crippen molar-refractivity contribution in [3.8, 4) is 0 Å². The van der Waals surface area contributed by atoms with E-state index in [1.54, 1.807) is 0 Å². The number of nitrogens with zero attached hydrogens (tertiary/aromatic N) is 2. The Hall–Kier alpha value is -0.550. The van der Waals surface area contributed by atoms with Crippen molar-refractivity contribution >= 4 is 11.8 Å². The Morgan fingerprint density at radius 1 is 1.35 bits per heavy atom. The zero-order chi connectivity index (χ0) is 14.6. The van der Waals surface area contributed by atoms with Crippen LogP contribution in [0.15, 0.2) is 4.52 Å². The normalized spacial score (nSPS) is 23.4. The van der Waals surface area contributed by atoms with Gasteiger partial charge in [-0.25, -0.2) is 0 Å². The molecule has 0 aromatic carbocycles. The molecule has 1 aliphatic rings. The Morgan fingerprint density at radius 2 is 2.15 bits per heavy atom. The predicted molar refractivity (Wildman–Crippen MR) is 84.0 cm³/mol. The Labute approximate surface area is 126 Å². The van der Waals surface area contributed by atoms with Crippen molar-refractivity contribution in [1.82, 2.24) is 15.5 Å². The molecule has 0 saturated heterocycles. The van der Waals surface area contributed by atoms with Gasteiger partial charge in [0.25, 0.3) is 0 Å². The molecule has 2 atom stereocenters. The van der Waals surface area contributed by atoms with Crippen LogP contribution < -0.4 is 5.32 Å². The molecule has 1 saturated carbocycles. The highest BCUT2D eigenvalue weighted by atomic mass is 32.2. The van der Waals surface area contributed by atoms with E-state index in [4.69, 9.17) is 4.52 Å². The van der Waals surface area contributed by atoms with Crippen molar-refractivity contribution in [3.05, 3.63) is 11.7 Å². The van der Waals surface area contributed by atoms with Gasteiger partial charge in [-0.05, 0) is 25.8 Å². The standard InChI is InChI=1S/C15H27N3OS/c1-5-9-16-12-8-6-7-11(12)14-17-13(18-19-14)10-20-15(2,3)4/h11-12,16H,5-10H2,1-4H3. The van der Waals surface area contributed by atoms with Crippen molar-refractivity contribution in [3.63, 3.8) is 0 Å². The third kappa shape index (κ3) is 4.48. The smallest absolute Gasteiger partial charge is 0.231 e. The summed E-state index contributed by atoms with van der Waals surface area (Å²) < 4.78 is 5.75. The Balaban J connectivity index is 1.93. The first-order valence-electron chi connectivity index (χ1n) is 7.69. The lowest BCUT2D eigenvalue weighted by Gasteiger charge is -2.17. The Bertz CT molecular complexity index is 413. The van der Waals surface area contributed by atoms with E-state index in [1.165, 1.54) is 19.3 Å². The molecule has 4 nitrogen and oxygen atoms in total. The molecule has 1 aromatic rings. The summed E-state index contributed by atoms with van der Waals surface area (Å²) in [6.07, 6.45) is 4.80. The van der Waals surface area contributed by atoms with Crippen LogP contribution in [0.25, 0.3) is 0 Å². The molecular weight excluding hydrogens is 270 g/mol. The van der Waals surface area contributed by atoms with Gasteiger partial charge < -0.3 is 9.84 Å². The van der Waals surface area contributed by atoms with Gasteiger partial charge >= 0.3 is 0 Å². The van der Waals surface area contributed by atoms with Crippen molar-refractivity contribution in [2.75, 3.05) is 6.54 Å². The minimum absolute atomic E-state index is 0.235. The zero-order valence-electron chi connectivity index (χ0n) is 13.1. The van der Waals surface area contributed by atoms with Gasteiger partial charge in [0.05, 0.1) is 11.7 Å². The lowest BCUT2D eigenvalue weighted by molar-refractivity contribution is 0.328. The summed E-state index contributed by atoms with van der Waals surface area (Å²) in [5.74, 6) is 2.90. The van der Waals surface area contributed by atoms with Crippen molar-refractivity contribution < 1.29 is 4.52 Å². The summed E-state index contributed by atoms with van der Waals surface area (Å²) in [5, 5.41) is 7.76. The minimum Gasteiger partial charge on any atom is -0.339 e. The maximum absolute atomic E-state index is 5.51. The van der Waals surface area contributed by atoms with Gasteiger partial charge in [0.1, 0.15) is 0 Å². The molecule has 1 aromatic heterocycles. The number of rotatable bonds is 6. The van der Waals surface area contributed by atoms with Crippen LogP contribution in [0, 0.1) is 0 Å². The van der Waals surface area contributed by atoms with Crippen LogP contribution in [-0.2, 0) is 5.75 Å². The van der Waals surface area contributed by atoms with Crippen LogP contribution in [0.3, 0.4) is 0 Å². The van der Waals surface area contributed by atoms with E-state index in [-0.39, 0.29) is 4.75 Å². The number of hydrogen-bond acceptors (Lipinski definition) is 5. The summed E-state index contributed by atoms with van der Waals surface area (Å²) in [7, 11) is 0. The van der Waals surface area contributed by atoms with Gasteiger partial charge in [0, 0.05) is 10.8 Å². The number of nitrogens with one attached hydrogen (secondary N) is 1. The van der Waals surface area contributed by atoms with E-state index in [0.717, 1.165) is 30.4 Å². The summed E-state index contributed by atoms with van der Waals surface area (Å²) >= 11 is 1.86. The SMILES string of the molecule is CCCNC1CCCC1c1nc(CSC(C)(C)C)no1.